The molecule has 7 heteroatoms. The number of amides is 2. The average Bonchev–Trinajstić information content (AvgIpc) is 3.41. The highest BCUT2D eigenvalue weighted by molar-refractivity contribution is 6.05. The Morgan fingerprint density at radius 2 is 1.72 bits per heavy atom. The second kappa shape index (κ2) is 8.68. The zero-order valence-corrected chi connectivity index (χ0v) is 17.0. The van der Waals surface area contributed by atoms with Crippen LogP contribution in [0.1, 0.15) is 65.8 Å². The first kappa shape index (κ1) is 19.5. The summed E-state index contributed by atoms with van der Waals surface area (Å²) in [5, 5.41) is 5.83. The number of fused-ring (bicyclic) bond motifs is 1. The Labute approximate surface area is 171 Å². The molecule has 1 saturated heterocycles. The first-order valence-corrected chi connectivity index (χ1v) is 10.7. The Kier molecular flexibility index (Phi) is 5.83. The number of benzene rings is 1. The summed E-state index contributed by atoms with van der Waals surface area (Å²) in [6.07, 6.45) is 6.10. The fourth-order valence-corrected chi connectivity index (χ4v) is 4.14. The van der Waals surface area contributed by atoms with Crippen LogP contribution in [-0.4, -0.2) is 41.0 Å². The summed E-state index contributed by atoms with van der Waals surface area (Å²) in [6.45, 7) is 5.53. The molecule has 0 bridgehead atoms. The number of carbonyl (C=O) groups is 2. The number of hydrogen-bond acceptors (Lipinski definition) is 4. The average molecular weight is 396 g/mol. The maximum Gasteiger partial charge on any atom is 0.287 e. The molecule has 3 heterocycles. The van der Waals surface area contributed by atoms with E-state index in [4.69, 9.17) is 0 Å². The van der Waals surface area contributed by atoms with Crippen LogP contribution in [0.5, 0.6) is 0 Å². The number of anilines is 2. The van der Waals surface area contributed by atoms with Crippen molar-refractivity contribution in [1.82, 2.24) is 14.9 Å². The summed E-state index contributed by atoms with van der Waals surface area (Å²) in [5.74, 6) is -0.106. The predicted octanol–water partition coefficient (Wildman–Crippen LogP) is 3.21. The number of imidazole rings is 1. The number of rotatable bonds is 6. The first-order valence-electron chi connectivity index (χ1n) is 10.7. The minimum absolute atomic E-state index is 0.205. The molecule has 0 atom stereocenters. The van der Waals surface area contributed by atoms with Crippen LogP contribution in [0.2, 0.25) is 0 Å². The van der Waals surface area contributed by atoms with Crippen molar-refractivity contribution in [2.24, 2.45) is 0 Å². The first-order chi connectivity index (χ1) is 14.2. The third-order valence-corrected chi connectivity index (χ3v) is 5.67. The SMILES string of the molecule is CCCNC(=O)c1nc(C(=O)Nc2ccc(N3CCCC3)cc2)c2n1CCCC2. The minimum Gasteiger partial charge on any atom is -0.372 e. The minimum atomic E-state index is -0.251. The maximum atomic E-state index is 12.9. The van der Waals surface area contributed by atoms with Crippen LogP contribution in [0, 0.1) is 0 Å². The van der Waals surface area contributed by atoms with Crippen LogP contribution >= 0.6 is 0 Å². The van der Waals surface area contributed by atoms with Gasteiger partial charge in [-0.25, -0.2) is 4.98 Å². The largest absolute Gasteiger partial charge is 0.372 e. The van der Waals surface area contributed by atoms with E-state index in [1.165, 1.54) is 18.5 Å². The predicted molar refractivity (Wildman–Crippen MR) is 114 cm³/mol. The molecule has 0 spiro atoms. The van der Waals surface area contributed by atoms with E-state index in [9.17, 15) is 9.59 Å². The Hall–Kier alpha value is -2.83. The lowest BCUT2D eigenvalue weighted by molar-refractivity contribution is 0.0937. The zero-order valence-electron chi connectivity index (χ0n) is 17.0. The van der Waals surface area contributed by atoms with Gasteiger partial charge in [0.15, 0.2) is 11.5 Å². The van der Waals surface area contributed by atoms with Crippen LogP contribution in [0.3, 0.4) is 0 Å². The molecular weight excluding hydrogens is 366 g/mol. The van der Waals surface area contributed by atoms with Gasteiger partial charge in [0.1, 0.15) is 0 Å². The third-order valence-electron chi connectivity index (χ3n) is 5.67. The van der Waals surface area contributed by atoms with Gasteiger partial charge in [0, 0.05) is 37.6 Å². The second-order valence-corrected chi connectivity index (χ2v) is 7.79. The molecule has 1 fully saturated rings. The highest BCUT2D eigenvalue weighted by Crippen LogP contribution is 2.24. The smallest absolute Gasteiger partial charge is 0.287 e. The molecule has 154 valence electrons. The van der Waals surface area contributed by atoms with Gasteiger partial charge < -0.3 is 20.1 Å². The topological polar surface area (TPSA) is 79.3 Å². The van der Waals surface area contributed by atoms with Crippen molar-refractivity contribution >= 4 is 23.2 Å². The van der Waals surface area contributed by atoms with Gasteiger partial charge in [0.25, 0.3) is 11.8 Å². The molecule has 29 heavy (non-hydrogen) atoms. The lowest BCUT2D eigenvalue weighted by Gasteiger charge is -2.18. The van der Waals surface area contributed by atoms with E-state index in [1.54, 1.807) is 0 Å². The summed E-state index contributed by atoms with van der Waals surface area (Å²) >= 11 is 0. The molecule has 0 radical (unpaired) electrons. The fraction of sp³-hybridized carbons (Fsp3) is 0.500. The highest BCUT2D eigenvalue weighted by atomic mass is 16.2. The van der Waals surface area contributed by atoms with Crippen molar-refractivity contribution < 1.29 is 9.59 Å². The standard InChI is InChI=1S/C22H29N5O2/c1-2-12-23-22(29)20-25-19(18-7-3-4-15-27(18)20)21(28)24-16-8-10-17(11-9-16)26-13-5-6-14-26/h8-11H,2-7,12-15H2,1H3,(H,23,29)(H,24,28). The molecule has 1 aromatic carbocycles. The Morgan fingerprint density at radius 1 is 1.00 bits per heavy atom. The van der Waals surface area contributed by atoms with Gasteiger partial charge in [-0.05, 0) is 62.8 Å². The van der Waals surface area contributed by atoms with Gasteiger partial charge in [-0.1, -0.05) is 6.92 Å². The van der Waals surface area contributed by atoms with Gasteiger partial charge in [0.2, 0.25) is 0 Å². The number of nitrogens with zero attached hydrogens (tertiary/aromatic N) is 3. The number of hydrogen-bond donors (Lipinski definition) is 2. The van der Waals surface area contributed by atoms with Crippen LogP contribution in [0.15, 0.2) is 24.3 Å². The Balaban J connectivity index is 1.52. The Morgan fingerprint density at radius 3 is 2.45 bits per heavy atom. The normalized spacial score (nSPS) is 15.8. The summed E-state index contributed by atoms with van der Waals surface area (Å²) in [5.41, 5.74) is 3.17. The summed E-state index contributed by atoms with van der Waals surface area (Å²) in [6, 6.07) is 7.96. The summed E-state index contributed by atoms with van der Waals surface area (Å²) in [4.78, 5) is 32.3. The fourth-order valence-electron chi connectivity index (χ4n) is 4.14. The van der Waals surface area contributed by atoms with Gasteiger partial charge >= 0.3 is 0 Å². The highest BCUT2D eigenvalue weighted by Gasteiger charge is 2.27. The van der Waals surface area contributed by atoms with E-state index >= 15 is 0 Å². The van der Waals surface area contributed by atoms with E-state index < -0.39 is 0 Å². The van der Waals surface area contributed by atoms with Crippen LogP contribution < -0.4 is 15.5 Å². The Bertz CT molecular complexity index is 881. The summed E-state index contributed by atoms with van der Waals surface area (Å²) < 4.78 is 1.92. The molecule has 4 rings (SSSR count). The molecule has 0 aliphatic carbocycles. The molecule has 2 aliphatic rings. The van der Waals surface area contributed by atoms with Gasteiger partial charge in [-0.3, -0.25) is 9.59 Å². The number of aromatic nitrogens is 2. The second-order valence-electron chi connectivity index (χ2n) is 7.79. The van der Waals surface area contributed by atoms with Crippen LogP contribution in [-0.2, 0) is 13.0 Å². The van der Waals surface area contributed by atoms with Crippen molar-refractivity contribution in [3.8, 4) is 0 Å². The van der Waals surface area contributed by atoms with Crippen molar-refractivity contribution in [3.63, 3.8) is 0 Å². The lowest BCUT2D eigenvalue weighted by Crippen LogP contribution is -2.28. The molecule has 2 amide bonds. The molecule has 2 aliphatic heterocycles. The van der Waals surface area contributed by atoms with Gasteiger partial charge in [0.05, 0.1) is 5.69 Å². The summed E-state index contributed by atoms with van der Waals surface area (Å²) in [7, 11) is 0. The molecule has 0 saturated carbocycles. The van der Waals surface area contributed by atoms with Gasteiger partial charge in [-0.15, -0.1) is 0 Å². The van der Waals surface area contributed by atoms with Crippen molar-refractivity contribution in [2.75, 3.05) is 29.9 Å². The number of carbonyl (C=O) groups excluding carboxylic acids is 2. The monoisotopic (exact) mass is 395 g/mol. The van der Waals surface area contributed by atoms with E-state index in [0.29, 0.717) is 18.1 Å². The van der Waals surface area contributed by atoms with E-state index in [-0.39, 0.29) is 11.8 Å². The number of nitrogens with one attached hydrogen (secondary N) is 2. The van der Waals surface area contributed by atoms with E-state index in [1.807, 2.05) is 35.8 Å². The zero-order chi connectivity index (χ0) is 20.2. The van der Waals surface area contributed by atoms with Crippen LogP contribution in [0.4, 0.5) is 11.4 Å². The maximum absolute atomic E-state index is 12.9. The van der Waals surface area contributed by atoms with Crippen molar-refractivity contribution in [1.29, 1.82) is 0 Å². The van der Waals surface area contributed by atoms with Gasteiger partial charge in [-0.2, -0.15) is 0 Å². The van der Waals surface area contributed by atoms with E-state index in [2.05, 4.69) is 20.5 Å². The quantitative estimate of drug-likeness (QED) is 0.787. The molecular formula is C22H29N5O2. The molecule has 0 unspecified atom stereocenters. The van der Waals surface area contributed by atoms with E-state index in [0.717, 1.165) is 56.7 Å². The van der Waals surface area contributed by atoms with Crippen molar-refractivity contribution in [3.05, 3.63) is 41.5 Å². The third kappa shape index (κ3) is 4.13. The van der Waals surface area contributed by atoms with Crippen molar-refractivity contribution in [2.45, 2.75) is 52.0 Å². The molecule has 2 N–H and O–H groups in total. The van der Waals surface area contributed by atoms with Crippen LogP contribution in [0.25, 0.3) is 0 Å². The lowest BCUT2D eigenvalue weighted by atomic mass is 10.1. The molecule has 2 aromatic rings. The molecule has 7 nitrogen and oxygen atoms in total. The molecule has 1 aromatic heterocycles.